The fourth-order valence-corrected chi connectivity index (χ4v) is 4.77. The first-order valence-corrected chi connectivity index (χ1v) is 12.3. The second-order valence-electron chi connectivity index (χ2n) is 8.14. The summed E-state index contributed by atoms with van der Waals surface area (Å²) < 4.78 is 21.7. The van der Waals surface area contributed by atoms with E-state index in [1.54, 1.807) is 25.4 Å². The molecule has 6 nitrogen and oxygen atoms in total. The van der Waals surface area contributed by atoms with Crippen molar-refractivity contribution in [1.82, 2.24) is 4.98 Å². The summed E-state index contributed by atoms with van der Waals surface area (Å²) in [6, 6.07) is 20.1. The number of anilines is 3. The molecule has 0 bridgehead atoms. The van der Waals surface area contributed by atoms with Crippen LogP contribution in [0.15, 0.2) is 77.8 Å². The zero-order chi connectivity index (χ0) is 23.6. The number of phenols is 1. The number of aromatic nitrogens is 1. The van der Waals surface area contributed by atoms with E-state index in [2.05, 4.69) is 34.7 Å². The Morgan fingerprint density at radius 1 is 1.00 bits per heavy atom. The molecule has 3 N–H and O–H groups in total. The number of methoxy groups -OCH3 is 1. The van der Waals surface area contributed by atoms with Crippen LogP contribution in [-0.4, -0.2) is 27.3 Å². The molecule has 1 aromatic heterocycles. The maximum absolute atomic E-state index is 13.4. The molecule has 3 aromatic carbocycles. The van der Waals surface area contributed by atoms with Crippen LogP contribution < -0.4 is 14.8 Å². The molecule has 0 saturated carbocycles. The summed E-state index contributed by atoms with van der Waals surface area (Å²) in [6.07, 6.45) is 1.71. The molecule has 4 aromatic rings. The lowest BCUT2D eigenvalue weighted by molar-refractivity contribution is 0.408. The molecule has 0 aliphatic heterocycles. The number of ether oxygens (including phenoxy) is 1. The van der Waals surface area contributed by atoms with E-state index >= 15 is 0 Å². The number of hydrogen-bond acceptors (Lipinski definition) is 5. The molecule has 0 aliphatic carbocycles. The molecule has 0 aliphatic rings. The number of pyridine rings is 1. The van der Waals surface area contributed by atoms with Gasteiger partial charge < -0.3 is 19.9 Å². The molecule has 0 fully saturated rings. The standard InChI is InChI=1S/C26H27N3O3S/c1-17(2)18-5-8-23(9-6-18)33(4,31)29-19-7-10-25-24(15-19)26(11-12-27-25)28-20-13-21(30)16-22(14-20)32-3/h5-17,30H,4H2,1-3H3,(H,27,28)(H,29,31). The molecule has 33 heavy (non-hydrogen) atoms. The Morgan fingerprint density at radius 3 is 2.45 bits per heavy atom. The van der Waals surface area contributed by atoms with Crippen molar-refractivity contribution in [3.8, 4) is 11.5 Å². The minimum atomic E-state index is -2.75. The average Bonchev–Trinajstić information content (AvgIpc) is 2.79. The van der Waals surface area contributed by atoms with E-state index in [9.17, 15) is 9.32 Å². The first-order valence-electron chi connectivity index (χ1n) is 10.5. The van der Waals surface area contributed by atoms with Gasteiger partial charge >= 0.3 is 0 Å². The SMILES string of the molecule is C=S(=O)(Nc1ccc2nccc(Nc3cc(O)cc(OC)c3)c2c1)c1ccc(C(C)C)cc1. The third-order valence-electron chi connectivity index (χ3n) is 5.36. The molecule has 7 heteroatoms. The number of nitrogens with one attached hydrogen (secondary N) is 2. The van der Waals surface area contributed by atoms with Gasteiger partial charge in [-0.1, -0.05) is 26.0 Å². The van der Waals surface area contributed by atoms with Gasteiger partial charge in [0.25, 0.3) is 0 Å². The average molecular weight is 462 g/mol. The lowest BCUT2D eigenvalue weighted by Gasteiger charge is -2.16. The highest BCUT2D eigenvalue weighted by Gasteiger charge is 2.11. The summed E-state index contributed by atoms with van der Waals surface area (Å²) in [5, 5.41) is 14.1. The van der Waals surface area contributed by atoms with Crippen molar-refractivity contribution < 1.29 is 14.1 Å². The Bertz CT molecular complexity index is 1400. The molecule has 0 radical (unpaired) electrons. The molecular formula is C26H27N3O3S. The predicted molar refractivity (Wildman–Crippen MR) is 137 cm³/mol. The van der Waals surface area contributed by atoms with Crippen LogP contribution in [0.4, 0.5) is 17.1 Å². The third-order valence-corrected chi connectivity index (χ3v) is 6.96. The van der Waals surface area contributed by atoms with Crippen molar-refractivity contribution >= 4 is 43.5 Å². The first-order chi connectivity index (χ1) is 15.7. The normalized spacial score (nSPS) is 13.0. The lowest BCUT2D eigenvalue weighted by atomic mass is 10.0. The number of rotatable bonds is 7. The van der Waals surface area contributed by atoms with Crippen LogP contribution in [-0.2, 0) is 9.71 Å². The quantitative estimate of drug-likeness (QED) is 0.298. The van der Waals surface area contributed by atoms with E-state index in [1.807, 2.05) is 48.5 Å². The van der Waals surface area contributed by atoms with Crippen molar-refractivity contribution in [1.29, 1.82) is 0 Å². The van der Waals surface area contributed by atoms with Crippen LogP contribution in [0.5, 0.6) is 11.5 Å². The molecule has 170 valence electrons. The molecule has 0 saturated heterocycles. The van der Waals surface area contributed by atoms with Gasteiger partial charge in [0, 0.05) is 51.7 Å². The summed E-state index contributed by atoms with van der Waals surface area (Å²) in [4.78, 5) is 5.07. The monoisotopic (exact) mass is 461 g/mol. The largest absolute Gasteiger partial charge is 0.508 e. The van der Waals surface area contributed by atoms with E-state index in [1.165, 1.54) is 11.6 Å². The minimum Gasteiger partial charge on any atom is -0.508 e. The Morgan fingerprint density at radius 2 is 1.76 bits per heavy atom. The number of benzene rings is 3. The zero-order valence-corrected chi connectivity index (χ0v) is 19.6. The molecule has 1 unspecified atom stereocenters. The van der Waals surface area contributed by atoms with Crippen LogP contribution >= 0.6 is 0 Å². The summed E-state index contributed by atoms with van der Waals surface area (Å²) in [6.45, 7) is 4.24. The summed E-state index contributed by atoms with van der Waals surface area (Å²) in [5.41, 5.74) is 4.08. The number of fused-ring (bicyclic) bond motifs is 1. The number of phenolic OH excluding ortho intramolecular Hbond substituents is 1. The first kappa shape index (κ1) is 22.5. The van der Waals surface area contributed by atoms with Crippen LogP contribution in [0.25, 0.3) is 10.9 Å². The van der Waals surface area contributed by atoms with Gasteiger partial charge in [-0.2, -0.15) is 0 Å². The highest BCUT2D eigenvalue weighted by molar-refractivity contribution is 8.01. The van der Waals surface area contributed by atoms with Crippen molar-refractivity contribution in [3.63, 3.8) is 0 Å². The van der Waals surface area contributed by atoms with Crippen LogP contribution in [0.3, 0.4) is 0 Å². The highest BCUT2D eigenvalue weighted by atomic mass is 32.2. The van der Waals surface area contributed by atoms with Crippen LogP contribution in [0.2, 0.25) is 0 Å². The van der Waals surface area contributed by atoms with Gasteiger partial charge in [-0.3, -0.25) is 4.98 Å². The fraction of sp³-hybridized carbons (Fsp3) is 0.154. The topological polar surface area (TPSA) is 83.5 Å². The smallest absolute Gasteiger partial charge is 0.124 e. The molecule has 0 spiro atoms. The third kappa shape index (κ3) is 5.04. The van der Waals surface area contributed by atoms with Gasteiger partial charge in [0.2, 0.25) is 0 Å². The fourth-order valence-electron chi connectivity index (χ4n) is 3.57. The van der Waals surface area contributed by atoms with Crippen LogP contribution in [0.1, 0.15) is 25.3 Å². The van der Waals surface area contributed by atoms with Crippen molar-refractivity contribution in [3.05, 3.63) is 78.5 Å². The van der Waals surface area contributed by atoms with E-state index < -0.39 is 9.71 Å². The van der Waals surface area contributed by atoms with Crippen molar-refractivity contribution in [2.24, 2.45) is 0 Å². The van der Waals surface area contributed by atoms with Gasteiger partial charge in [0.15, 0.2) is 0 Å². The van der Waals surface area contributed by atoms with Crippen molar-refractivity contribution in [2.75, 3.05) is 17.1 Å². The Balaban J connectivity index is 1.66. The zero-order valence-electron chi connectivity index (χ0n) is 18.8. The van der Waals surface area contributed by atoms with Crippen molar-refractivity contribution in [2.45, 2.75) is 24.7 Å². The maximum atomic E-state index is 13.4. The van der Waals surface area contributed by atoms with E-state index in [0.717, 1.165) is 16.6 Å². The number of nitrogens with zero attached hydrogens (tertiary/aromatic N) is 1. The molecule has 1 heterocycles. The number of hydrogen-bond donors (Lipinski definition) is 3. The highest BCUT2D eigenvalue weighted by Crippen LogP contribution is 2.32. The maximum Gasteiger partial charge on any atom is 0.124 e. The second kappa shape index (κ2) is 9.03. The summed E-state index contributed by atoms with van der Waals surface area (Å²) in [7, 11) is -1.20. The van der Waals surface area contributed by atoms with E-state index in [4.69, 9.17) is 4.74 Å². The van der Waals surface area contributed by atoms with E-state index in [-0.39, 0.29) is 5.75 Å². The predicted octanol–water partition coefficient (Wildman–Crippen LogP) is 5.92. The van der Waals surface area contributed by atoms with Gasteiger partial charge in [-0.15, -0.1) is 0 Å². The minimum absolute atomic E-state index is 0.0952. The van der Waals surface area contributed by atoms with Gasteiger partial charge in [0.05, 0.1) is 22.3 Å². The van der Waals surface area contributed by atoms with Gasteiger partial charge in [-0.05, 0) is 53.7 Å². The summed E-state index contributed by atoms with van der Waals surface area (Å²) in [5.74, 6) is 4.99. The Labute approximate surface area is 194 Å². The molecular weight excluding hydrogens is 434 g/mol. The summed E-state index contributed by atoms with van der Waals surface area (Å²) >= 11 is 0. The number of aromatic hydroxyl groups is 1. The Hall–Kier alpha value is -3.71. The molecule has 1 atom stereocenters. The Kier molecular flexibility index (Phi) is 6.16. The van der Waals surface area contributed by atoms with Gasteiger partial charge in [0.1, 0.15) is 11.5 Å². The van der Waals surface area contributed by atoms with Gasteiger partial charge in [-0.25, -0.2) is 4.21 Å². The molecule has 4 rings (SSSR count). The van der Waals surface area contributed by atoms with Crippen LogP contribution in [0, 0.1) is 0 Å². The van der Waals surface area contributed by atoms with E-state index in [0.29, 0.717) is 27.9 Å². The lowest BCUT2D eigenvalue weighted by Crippen LogP contribution is -2.12. The second-order valence-corrected chi connectivity index (χ2v) is 10.2. The molecule has 0 amide bonds.